The van der Waals surface area contributed by atoms with E-state index in [1.807, 2.05) is 27.7 Å². The Labute approximate surface area is 166 Å². The molecular formula is C22H30FN3O2. The normalized spacial score (nSPS) is 17.3. The van der Waals surface area contributed by atoms with Crippen molar-refractivity contribution in [2.24, 2.45) is 5.92 Å². The van der Waals surface area contributed by atoms with Crippen molar-refractivity contribution < 1.29 is 13.9 Å². The fourth-order valence-electron chi connectivity index (χ4n) is 3.47. The highest BCUT2D eigenvalue weighted by molar-refractivity contribution is 5.24. The summed E-state index contributed by atoms with van der Waals surface area (Å²) in [5.41, 5.74) is 0.559. The average molecular weight is 387 g/mol. The number of para-hydroxylation sites is 1. The second kappa shape index (κ2) is 8.86. The zero-order valence-corrected chi connectivity index (χ0v) is 17.2. The molecule has 152 valence electrons. The Balaban J connectivity index is 1.54. The smallest absolute Gasteiger partial charge is 0.237 e. The molecule has 1 aliphatic heterocycles. The van der Waals surface area contributed by atoms with Gasteiger partial charge < -0.3 is 9.47 Å². The standard InChI is InChI=1S/C22H30FN3O2/c1-16(27-20-8-6-5-7-18(20)23)17-9-13-26(14-10-17)15-19-21(25-12-11-24-19)28-22(2,3)4/h5-8,11-12,16-17H,9-10,13-15H2,1-4H3. The fraction of sp³-hybridized carbons (Fsp3) is 0.545. The summed E-state index contributed by atoms with van der Waals surface area (Å²) in [4.78, 5) is 11.2. The molecule has 0 N–H and O–H groups in total. The largest absolute Gasteiger partial charge is 0.487 e. The summed E-state index contributed by atoms with van der Waals surface area (Å²) >= 11 is 0. The number of likely N-dealkylation sites (tertiary alicyclic amines) is 1. The molecule has 1 aromatic heterocycles. The summed E-state index contributed by atoms with van der Waals surface area (Å²) in [7, 11) is 0. The van der Waals surface area contributed by atoms with Crippen LogP contribution in [0, 0.1) is 11.7 Å². The SMILES string of the molecule is CC(Oc1ccccc1F)C1CCN(Cc2nccnc2OC(C)(C)C)CC1. The summed E-state index contributed by atoms with van der Waals surface area (Å²) in [6.07, 6.45) is 5.37. The van der Waals surface area contributed by atoms with Gasteiger partial charge in [0.2, 0.25) is 5.88 Å². The van der Waals surface area contributed by atoms with Gasteiger partial charge in [0, 0.05) is 18.9 Å². The van der Waals surface area contributed by atoms with Gasteiger partial charge in [0.05, 0.1) is 6.10 Å². The summed E-state index contributed by atoms with van der Waals surface area (Å²) in [6.45, 7) is 10.7. The summed E-state index contributed by atoms with van der Waals surface area (Å²) in [5.74, 6) is 1.04. The van der Waals surface area contributed by atoms with Crippen LogP contribution in [0.15, 0.2) is 36.7 Å². The fourth-order valence-corrected chi connectivity index (χ4v) is 3.47. The van der Waals surface area contributed by atoms with E-state index in [0.717, 1.165) is 31.6 Å². The number of benzene rings is 1. The summed E-state index contributed by atoms with van der Waals surface area (Å²) < 4.78 is 25.7. The predicted octanol–water partition coefficient (Wildman–Crippen LogP) is 4.47. The van der Waals surface area contributed by atoms with Crippen LogP contribution in [0.5, 0.6) is 11.6 Å². The van der Waals surface area contributed by atoms with E-state index < -0.39 is 0 Å². The molecule has 3 rings (SSSR count). The minimum Gasteiger partial charge on any atom is -0.487 e. The molecule has 6 heteroatoms. The lowest BCUT2D eigenvalue weighted by molar-refractivity contribution is 0.0795. The molecule has 1 aromatic carbocycles. The maximum atomic E-state index is 13.8. The Bertz CT molecular complexity index is 770. The van der Waals surface area contributed by atoms with E-state index in [4.69, 9.17) is 9.47 Å². The molecule has 0 spiro atoms. The van der Waals surface area contributed by atoms with E-state index in [0.29, 0.717) is 24.1 Å². The van der Waals surface area contributed by atoms with Gasteiger partial charge in [-0.05, 0) is 71.7 Å². The first-order chi connectivity index (χ1) is 13.3. The molecule has 0 amide bonds. The molecule has 1 atom stereocenters. The van der Waals surface area contributed by atoms with Crippen molar-refractivity contribution in [2.45, 2.75) is 58.8 Å². The highest BCUT2D eigenvalue weighted by atomic mass is 19.1. The predicted molar refractivity (Wildman–Crippen MR) is 107 cm³/mol. The van der Waals surface area contributed by atoms with Crippen molar-refractivity contribution in [1.29, 1.82) is 0 Å². The highest BCUT2D eigenvalue weighted by Gasteiger charge is 2.27. The van der Waals surface area contributed by atoms with Crippen LogP contribution in [0.25, 0.3) is 0 Å². The van der Waals surface area contributed by atoms with Crippen molar-refractivity contribution in [3.8, 4) is 11.6 Å². The quantitative estimate of drug-likeness (QED) is 0.732. The Hall–Kier alpha value is -2.21. The van der Waals surface area contributed by atoms with Gasteiger partial charge >= 0.3 is 0 Å². The monoisotopic (exact) mass is 387 g/mol. The minimum absolute atomic E-state index is 0.0182. The maximum Gasteiger partial charge on any atom is 0.237 e. The van der Waals surface area contributed by atoms with Gasteiger partial charge in [-0.2, -0.15) is 0 Å². The molecule has 0 aliphatic carbocycles. The second-order valence-corrected chi connectivity index (χ2v) is 8.39. The van der Waals surface area contributed by atoms with E-state index in [1.165, 1.54) is 6.07 Å². The number of halogens is 1. The van der Waals surface area contributed by atoms with Gasteiger partial charge in [-0.15, -0.1) is 0 Å². The first kappa shape index (κ1) is 20.5. The molecule has 0 bridgehead atoms. The second-order valence-electron chi connectivity index (χ2n) is 8.39. The average Bonchev–Trinajstić information content (AvgIpc) is 2.64. The molecule has 1 fully saturated rings. The van der Waals surface area contributed by atoms with Gasteiger partial charge in [0.15, 0.2) is 11.6 Å². The number of aromatic nitrogens is 2. The summed E-state index contributed by atoms with van der Waals surface area (Å²) in [5, 5.41) is 0. The van der Waals surface area contributed by atoms with Crippen molar-refractivity contribution in [2.75, 3.05) is 13.1 Å². The first-order valence-electron chi connectivity index (χ1n) is 9.94. The molecular weight excluding hydrogens is 357 g/mol. The lowest BCUT2D eigenvalue weighted by Crippen LogP contribution is -2.38. The third-order valence-electron chi connectivity index (χ3n) is 4.96. The molecule has 0 radical (unpaired) electrons. The van der Waals surface area contributed by atoms with Crippen molar-refractivity contribution in [3.05, 3.63) is 48.2 Å². The lowest BCUT2D eigenvalue weighted by Gasteiger charge is -2.35. The van der Waals surface area contributed by atoms with E-state index in [2.05, 4.69) is 14.9 Å². The van der Waals surface area contributed by atoms with Gasteiger partial charge in [-0.25, -0.2) is 9.37 Å². The number of hydrogen-bond acceptors (Lipinski definition) is 5. The van der Waals surface area contributed by atoms with Crippen LogP contribution in [0.1, 0.15) is 46.2 Å². The van der Waals surface area contributed by atoms with Crippen molar-refractivity contribution in [1.82, 2.24) is 14.9 Å². The molecule has 1 saturated heterocycles. The third kappa shape index (κ3) is 5.64. The van der Waals surface area contributed by atoms with Crippen LogP contribution < -0.4 is 9.47 Å². The van der Waals surface area contributed by atoms with Crippen LogP contribution >= 0.6 is 0 Å². The molecule has 1 unspecified atom stereocenters. The highest BCUT2D eigenvalue weighted by Crippen LogP contribution is 2.27. The van der Waals surface area contributed by atoms with E-state index in [9.17, 15) is 4.39 Å². The molecule has 2 heterocycles. The van der Waals surface area contributed by atoms with Crippen LogP contribution in [0.3, 0.4) is 0 Å². The van der Waals surface area contributed by atoms with Crippen molar-refractivity contribution in [3.63, 3.8) is 0 Å². The number of nitrogens with zero attached hydrogens (tertiary/aromatic N) is 3. The van der Waals surface area contributed by atoms with E-state index >= 15 is 0 Å². The maximum absolute atomic E-state index is 13.8. The topological polar surface area (TPSA) is 47.5 Å². The Morgan fingerprint density at radius 2 is 1.82 bits per heavy atom. The number of rotatable bonds is 6. The van der Waals surface area contributed by atoms with Gasteiger partial charge in [-0.3, -0.25) is 9.88 Å². The Kier molecular flexibility index (Phi) is 6.50. The van der Waals surface area contributed by atoms with Gasteiger partial charge in [0.1, 0.15) is 11.3 Å². The van der Waals surface area contributed by atoms with E-state index in [1.54, 1.807) is 30.6 Å². The zero-order chi connectivity index (χ0) is 20.1. The van der Waals surface area contributed by atoms with Crippen LogP contribution in [-0.2, 0) is 6.54 Å². The molecule has 1 aliphatic rings. The van der Waals surface area contributed by atoms with Crippen LogP contribution in [0.4, 0.5) is 4.39 Å². The lowest BCUT2D eigenvalue weighted by atomic mass is 9.92. The molecule has 0 saturated carbocycles. The number of ether oxygens (including phenoxy) is 2. The summed E-state index contributed by atoms with van der Waals surface area (Å²) in [6, 6.07) is 6.59. The van der Waals surface area contributed by atoms with Crippen molar-refractivity contribution >= 4 is 0 Å². The van der Waals surface area contributed by atoms with Crippen LogP contribution in [0.2, 0.25) is 0 Å². The van der Waals surface area contributed by atoms with E-state index in [-0.39, 0.29) is 17.5 Å². The van der Waals surface area contributed by atoms with Gasteiger partial charge in [-0.1, -0.05) is 12.1 Å². The third-order valence-corrected chi connectivity index (χ3v) is 4.96. The molecule has 2 aromatic rings. The minimum atomic E-state index is -0.308. The number of hydrogen-bond donors (Lipinski definition) is 0. The Morgan fingerprint density at radius 1 is 1.14 bits per heavy atom. The molecule has 5 nitrogen and oxygen atoms in total. The molecule has 28 heavy (non-hydrogen) atoms. The first-order valence-corrected chi connectivity index (χ1v) is 9.94. The van der Waals surface area contributed by atoms with Gasteiger partial charge in [0.25, 0.3) is 0 Å². The number of piperidine rings is 1. The zero-order valence-electron chi connectivity index (χ0n) is 17.2. The Morgan fingerprint density at radius 3 is 2.50 bits per heavy atom. The van der Waals surface area contributed by atoms with Crippen LogP contribution in [-0.4, -0.2) is 39.7 Å².